The molecule has 0 spiro atoms. The minimum atomic E-state index is -2.40. The van der Waals surface area contributed by atoms with Crippen molar-refractivity contribution in [2.24, 2.45) is 5.92 Å². The number of halogens is 2. The van der Waals surface area contributed by atoms with Gasteiger partial charge in [0.2, 0.25) is 0 Å². The Morgan fingerprint density at radius 3 is 2.73 bits per heavy atom. The van der Waals surface area contributed by atoms with Gasteiger partial charge in [-0.3, -0.25) is 9.67 Å². The van der Waals surface area contributed by atoms with E-state index in [1.165, 1.54) is 4.57 Å². The number of alkyl halides is 2. The molecule has 1 unspecified atom stereocenters. The van der Waals surface area contributed by atoms with E-state index in [2.05, 4.69) is 24.0 Å². The van der Waals surface area contributed by atoms with Gasteiger partial charge in [-0.15, -0.1) is 0 Å². The lowest BCUT2D eigenvalue weighted by atomic mass is 10.1. The Hall–Kier alpha value is -0.780. The molecule has 1 aromatic heterocycles. The van der Waals surface area contributed by atoms with E-state index in [4.69, 9.17) is 12.2 Å². The normalized spacial score (nSPS) is 13.4. The van der Waals surface area contributed by atoms with Crippen LogP contribution in [0.15, 0.2) is 0 Å². The third-order valence-corrected chi connectivity index (χ3v) is 2.70. The summed E-state index contributed by atoms with van der Waals surface area (Å²) in [4.78, 5) is 0. The monoisotopic (exact) mass is 235 g/mol. The van der Waals surface area contributed by atoms with Gasteiger partial charge in [-0.1, -0.05) is 20.3 Å². The predicted octanol–water partition coefficient (Wildman–Crippen LogP) is 2.79. The minimum Gasteiger partial charge on any atom is -0.298 e. The van der Waals surface area contributed by atoms with Crippen LogP contribution >= 0.6 is 12.2 Å². The van der Waals surface area contributed by atoms with Crippen LogP contribution < -0.4 is 0 Å². The van der Waals surface area contributed by atoms with E-state index in [9.17, 15) is 8.78 Å². The largest absolute Gasteiger partial charge is 0.298 e. The van der Waals surface area contributed by atoms with Gasteiger partial charge in [0.1, 0.15) is 5.82 Å². The van der Waals surface area contributed by atoms with Crippen LogP contribution in [0.1, 0.15) is 26.1 Å². The Bertz CT molecular complexity index is 358. The van der Waals surface area contributed by atoms with Gasteiger partial charge >= 0.3 is 0 Å². The SMILES string of the molecule is CCC(C)Cc1n[nH]c(=S)n1CC(F)F. The maximum atomic E-state index is 12.3. The van der Waals surface area contributed by atoms with Crippen molar-refractivity contribution in [2.75, 3.05) is 0 Å². The van der Waals surface area contributed by atoms with Crippen LogP contribution in [-0.4, -0.2) is 21.2 Å². The van der Waals surface area contributed by atoms with Crippen molar-refractivity contribution in [2.45, 2.75) is 39.7 Å². The maximum absolute atomic E-state index is 12.3. The molecule has 0 saturated carbocycles. The predicted molar refractivity (Wildman–Crippen MR) is 56.6 cm³/mol. The van der Waals surface area contributed by atoms with E-state index < -0.39 is 6.43 Å². The van der Waals surface area contributed by atoms with Crippen LogP contribution in [0.2, 0.25) is 0 Å². The average Bonchev–Trinajstić information content (AvgIpc) is 2.49. The molecule has 86 valence electrons. The molecule has 1 aromatic rings. The fourth-order valence-electron chi connectivity index (χ4n) is 1.29. The molecule has 6 heteroatoms. The van der Waals surface area contributed by atoms with E-state index >= 15 is 0 Å². The second-order valence-electron chi connectivity index (χ2n) is 3.66. The van der Waals surface area contributed by atoms with Crippen LogP contribution in [0.3, 0.4) is 0 Å². The van der Waals surface area contributed by atoms with Gasteiger partial charge < -0.3 is 0 Å². The number of H-pyrrole nitrogens is 1. The lowest BCUT2D eigenvalue weighted by Crippen LogP contribution is -2.12. The zero-order valence-electron chi connectivity index (χ0n) is 8.83. The molecule has 1 atom stereocenters. The standard InChI is InChI=1S/C9H15F2N3S/c1-3-6(2)4-8-12-13-9(15)14(8)5-7(10)11/h6-7H,3-5H2,1-2H3,(H,13,15). The molecular weight excluding hydrogens is 220 g/mol. The number of rotatable bonds is 5. The summed E-state index contributed by atoms with van der Waals surface area (Å²) in [6, 6.07) is 0. The summed E-state index contributed by atoms with van der Waals surface area (Å²) in [6.45, 7) is 3.74. The van der Waals surface area contributed by atoms with Crippen LogP contribution in [-0.2, 0) is 13.0 Å². The van der Waals surface area contributed by atoms with Crippen molar-refractivity contribution >= 4 is 12.2 Å². The number of aromatic amines is 1. The number of nitrogens with one attached hydrogen (secondary N) is 1. The van der Waals surface area contributed by atoms with E-state index in [-0.39, 0.29) is 11.3 Å². The van der Waals surface area contributed by atoms with Crippen LogP contribution in [0.25, 0.3) is 0 Å². The Labute approximate surface area is 92.5 Å². The highest BCUT2D eigenvalue weighted by Crippen LogP contribution is 2.11. The molecular formula is C9H15F2N3S. The third kappa shape index (κ3) is 3.37. The highest BCUT2D eigenvalue weighted by atomic mass is 32.1. The number of hydrogen-bond donors (Lipinski definition) is 1. The highest BCUT2D eigenvalue weighted by Gasteiger charge is 2.13. The topological polar surface area (TPSA) is 33.6 Å². The summed E-state index contributed by atoms with van der Waals surface area (Å²) >= 11 is 4.89. The van der Waals surface area contributed by atoms with Gasteiger partial charge in [0, 0.05) is 6.42 Å². The molecule has 0 aromatic carbocycles. The summed E-state index contributed by atoms with van der Waals surface area (Å²) in [5, 5.41) is 6.52. The molecule has 15 heavy (non-hydrogen) atoms. The molecule has 3 nitrogen and oxygen atoms in total. The summed E-state index contributed by atoms with van der Waals surface area (Å²) in [5.41, 5.74) is 0. The van der Waals surface area contributed by atoms with E-state index in [0.29, 0.717) is 18.2 Å². The smallest absolute Gasteiger partial charge is 0.256 e. The lowest BCUT2D eigenvalue weighted by Gasteiger charge is -2.09. The molecule has 0 aliphatic carbocycles. The van der Waals surface area contributed by atoms with E-state index in [0.717, 1.165) is 6.42 Å². The fraction of sp³-hybridized carbons (Fsp3) is 0.778. The zero-order chi connectivity index (χ0) is 11.4. The Morgan fingerprint density at radius 2 is 2.20 bits per heavy atom. The summed E-state index contributed by atoms with van der Waals surface area (Å²) in [7, 11) is 0. The number of hydrogen-bond acceptors (Lipinski definition) is 2. The number of nitrogens with zero attached hydrogens (tertiary/aromatic N) is 2. The van der Waals surface area contributed by atoms with Gasteiger partial charge in [-0.25, -0.2) is 8.78 Å². The Kier molecular flexibility index (Phi) is 4.38. The quantitative estimate of drug-likeness (QED) is 0.796. The average molecular weight is 235 g/mol. The maximum Gasteiger partial charge on any atom is 0.256 e. The molecule has 1 rings (SSSR count). The van der Waals surface area contributed by atoms with Crippen LogP contribution in [0.5, 0.6) is 0 Å². The zero-order valence-corrected chi connectivity index (χ0v) is 9.65. The van der Waals surface area contributed by atoms with Crippen LogP contribution in [0, 0.1) is 10.7 Å². The van der Waals surface area contributed by atoms with Crippen molar-refractivity contribution in [1.82, 2.24) is 14.8 Å². The third-order valence-electron chi connectivity index (χ3n) is 2.39. The molecule has 0 amide bonds. The van der Waals surface area contributed by atoms with Crippen molar-refractivity contribution in [1.29, 1.82) is 0 Å². The molecule has 0 radical (unpaired) electrons. The molecule has 1 N–H and O–H groups in total. The number of aromatic nitrogens is 3. The molecule has 1 heterocycles. The first-order valence-corrected chi connectivity index (χ1v) is 5.37. The van der Waals surface area contributed by atoms with Crippen molar-refractivity contribution < 1.29 is 8.78 Å². The Balaban J connectivity index is 2.83. The summed E-state index contributed by atoms with van der Waals surface area (Å²) in [6.07, 6.45) is -0.727. The fourth-order valence-corrected chi connectivity index (χ4v) is 1.51. The van der Waals surface area contributed by atoms with Crippen molar-refractivity contribution in [3.8, 4) is 0 Å². The summed E-state index contributed by atoms with van der Waals surface area (Å²) in [5.74, 6) is 1.04. The second-order valence-corrected chi connectivity index (χ2v) is 4.05. The lowest BCUT2D eigenvalue weighted by molar-refractivity contribution is 0.124. The van der Waals surface area contributed by atoms with E-state index in [1.807, 2.05) is 0 Å². The van der Waals surface area contributed by atoms with Crippen molar-refractivity contribution in [3.05, 3.63) is 10.6 Å². The van der Waals surface area contributed by atoms with E-state index in [1.54, 1.807) is 0 Å². The van der Waals surface area contributed by atoms with Gasteiger partial charge in [0.25, 0.3) is 6.43 Å². The first-order chi connectivity index (χ1) is 7.04. The molecule has 0 fully saturated rings. The highest BCUT2D eigenvalue weighted by molar-refractivity contribution is 7.71. The molecule has 0 bridgehead atoms. The second kappa shape index (κ2) is 5.34. The van der Waals surface area contributed by atoms with Gasteiger partial charge in [0.05, 0.1) is 6.54 Å². The first-order valence-electron chi connectivity index (χ1n) is 4.96. The first kappa shape index (κ1) is 12.3. The van der Waals surface area contributed by atoms with Gasteiger partial charge in [-0.2, -0.15) is 5.10 Å². The molecule has 0 aliphatic rings. The van der Waals surface area contributed by atoms with Gasteiger partial charge in [-0.05, 0) is 18.1 Å². The minimum absolute atomic E-state index is 0.272. The Morgan fingerprint density at radius 1 is 1.53 bits per heavy atom. The molecule has 0 saturated heterocycles. The summed E-state index contributed by atoms with van der Waals surface area (Å²) < 4.78 is 26.2. The van der Waals surface area contributed by atoms with Crippen molar-refractivity contribution in [3.63, 3.8) is 0 Å². The van der Waals surface area contributed by atoms with Gasteiger partial charge in [0.15, 0.2) is 4.77 Å². The molecule has 0 aliphatic heterocycles. The van der Waals surface area contributed by atoms with Crippen LogP contribution in [0.4, 0.5) is 8.78 Å².